The molecule has 2 aliphatic rings. The number of fused-ring (bicyclic) bond motifs is 3. The molecule has 0 atom stereocenters. The third-order valence-corrected chi connectivity index (χ3v) is 9.75. The largest absolute Gasteiger partial charge is 0.354 e. The van der Waals surface area contributed by atoms with E-state index in [1.165, 1.54) is 6.07 Å². The monoisotopic (exact) mass is 644 g/mol. The van der Waals surface area contributed by atoms with Crippen LogP contribution in [-0.2, 0) is 10.1 Å². The summed E-state index contributed by atoms with van der Waals surface area (Å²) in [5.74, 6) is 0. The summed E-state index contributed by atoms with van der Waals surface area (Å²) in [6.45, 7) is 0. The van der Waals surface area contributed by atoms with Crippen molar-refractivity contribution >= 4 is 66.2 Å². The molecule has 0 saturated heterocycles. The van der Waals surface area contributed by atoms with E-state index in [1.807, 2.05) is 121 Å². The fourth-order valence-corrected chi connectivity index (χ4v) is 7.47. The molecule has 0 fully saturated rings. The highest BCUT2D eigenvalue weighted by Crippen LogP contribution is 2.44. The Morgan fingerprint density at radius 3 is 1.42 bits per heavy atom. The van der Waals surface area contributed by atoms with Crippen LogP contribution in [0.15, 0.2) is 144 Å². The normalized spacial score (nSPS) is 14.0. The number of anilines is 2. The molecule has 7 nitrogen and oxygen atoms in total. The highest BCUT2D eigenvalue weighted by molar-refractivity contribution is 7.86. The smallest absolute Gasteiger partial charge is 0.295 e. The van der Waals surface area contributed by atoms with E-state index in [2.05, 4.69) is 10.6 Å². The van der Waals surface area contributed by atoms with Gasteiger partial charge in [-0.3, -0.25) is 15.4 Å². The van der Waals surface area contributed by atoms with E-state index in [9.17, 15) is 13.0 Å². The van der Waals surface area contributed by atoms with Crippen molar-refractivity contribution in [1.29, 1.82) is 10.8 Å². The Bertz CT molecular complexity index is 2500. The van der Waals surface area contributed by atoms with Gasteiger partial charge in [0.05, 0.1) is 22.8 Å². The summed E-state index contributed by atoms with van der Waals surface area (Å²) in [6.07, 6.45) is 0. The first-order chi connectivity index (χ1) is 23.3. The van der Waals surface area contributed by atoms with Crippen molar-refractivity contribution in [3.05, 3.63) is 173 Å². The lowest BCUT2D eigenvalue weighted by Crippen LogP contribution is -2.06. The van der Waals surface area contributed by atoms with Gasteiger partial charge >= 0.3 is 0 Å². The molecule has 8 rings (SSSR count). The maximum absolute atomic E-state index is 12.9. The molecule has 0 aliphatic heterocycles. The van der Waals surface area contributed by atoms with E-state index in [0.717, 1.165) is 44.7 Å². The molecule has 0 unspecified atom stereocenters. The summed E-state index contributed by atoms with van der Waals surface area (Å²) in [7, 11) is -4.65. The van der Waals surface area contributed by atoms with E-state index < -0.39 is 10.1 Å². The van der Waals surface area contributed by atoms with Gasteiger partial charge in [-0.1, -0.05) is 121 Å². The van der Waals surface area contributed by atoms with Gasteiger partial charge in [0, 0.05) is 55.5 Å². The SMILES string of the molecule is N=C1C(c2ccccc2)=C(Nc2ccc(NC3=C(c4ccccc4)C(=N)c4ccccc43)c3c(S(=O)(=O)O)cccc23)c2ccccc21. The molecule has 0 amide bonds. The van der Waals surface area contributed by atoms with E-state index in [0.29, 0.717) is 44.8 Å². The Morgan fingerprint density at radius 1 is 0.479 bits per heavy atom. The number of hydrogen-bond acceptors (Lipinski definition) is 6. The van der Waals surface area contributed by atoms with Crippen LogP contribution in [0.1, 0.15) is 33.4 Å². The van der Waals surface area contributed by atoms with Gasteiger partial charge in [-0.2, -0.15) is 8.42 Å². The highest BCUT2D eigenvalue weighted by Gasteiger charge is 2.31. The van der Waals surface area contributed by atoms with Crippen LogP contribution in [-0.4, -0.2) is 24.4 Å². The van der Waals surface area contributed by atoms with Crippen molar-refractivity contribution < 1.29 is 13.0 Å². The van der Waals surface area contributed by atoms with Crippen molar-refractivity contribution in [2.75, 3.05) is 10.6 Å². The van der Waals surface area contributed by atoms with Gasteiger partial charge in [0.25, 0.3) is 10.1 Å². The van der Waals surface area contributed by atoms with Crippen LogP contribution in [0.2, 0.25) is 0 Å². The van der Waals surface area contributed by atoms with E-state index in [-0.39, 0.29) is 4.90 Å². The number of nitrogens with one attached hydrogen (secondary N) is 4. The van der Waals surface area contributed by atoms with Gasteiger partial charge in [-0.05, 0) is 29.3 Å². The number of benzene rings is 6. The lowest BCUT2D eigenvalue weighted by molar-refractivity contribution is 0.484. The summed E-state index contributed by atoms with van der Waals surface area (Å²) >= 11 is 0. The topological polar surface area (TPSA) is 126 Å². The van der Waals surface area contributed by atoms with E-state index in [1.54, 1.807) is 12.1 Å². The zero-order chi connectivity index (χ0) is 33.0. The van der Waals surface area contributed by atoms with Gasteiger partial charge in [0.2, 0.25) is 0 Å². The Balaban J connectivity index is 1.34. The van der Waals surface area contributed by atoms with Crippen molar-refractivity contribution in [2.45, 2.75) is 4.90 Å². The molecule has 6 aromatic rings. The first kappa shape index (κ1) is 29.3. The number of rotatable bonds is 7. The summed E-state index contributed by atoms with van der Waals surface area (Å²) in [5.41, 5.74) is 9.60. The molecule has 0 radical (unpaired) electrons. The van der Waals surface area contributed by atoms with Gasteiger partial charge in [0.1, 0.15) is 4.90 Å². The minimum Gasteiger partial charge on any atom is -0.354 e. The Labute approximate surface area is 277 Å². The molecular formula is C40H28N4O3S. The minimum atomic E-state index is -4.65. The van der Waals surface area contributed by atoms with Crippen molar-refractivity contribution in [3.63, 3.8) is 0 Å². The second-order valence-electron chi connectivity index (χ2n) is 11.6. The first-order valence-electron chi connectivity index (χ1n) is 15.4. The summed E-state index contributed by atoms with van der Waals surface area (Å²) in [4.78, 5) is -0.244. The second-order valence-corrected chi connectivity index (χ2v) is 13.0. The van der Waals surface area contributed by atoms with Crippen LogP contribution in [0.5, 0.6) is 0 Å². The maximum atomic E-state index is 12.9. The highest BCUT2D eigenvalue weighted by atomic mass is 32.2. The third-order valence-electron chi connectivity index (χ3n) is 8.86. The van der Waals surface area contributed by atoms with Crippen molar-refractivity contribution in [3.8, 4) is 0 Å². The first-order valence-corrected chi connectivity index (χ1v) is 16.8. The lowest BCUT2D eigenvalue weighted by Gasteiger charge is -2.19. The predicted octanol–water partition coefficient (Wildman–Crippen LogP) is 8.81. The maximum Gasteiger partial charge on any atom is 0.295 e. The van der Waals surface area contributed by atoms with Gasteiger partial charge < -0.3 is 10.6 Å². The number of hydrogen-bond donors (Lipinski definition) is 5. The van der Waals surface area contributed by atoms with Gasteiger partial charge in [0.15, 0.2) is 0 Å². The van der Waals surface area contributed by atoms with Crippen LogP contribution >= 0.6 is 0 Å². The Kier molecular flexibility index (Phi) is 6.91. The summed E-state index contributed by atoms with van der Waals surface area (Å²) in [5, 5.41) is 26.1. The lowest BCUT2D eigenvalue weighted by atomic mass is 10.0. The van der Waals surface area contributed by atoms with Crippen LogP contribution < -0.4 is 10.6 Å². The Hall–Kier alpha value is -6.09. The van der Waals surface area contributed by atoms with Crippen LogP contribution in [0, 0.1) is 10.8 Å². The van der Waals surface area contributed by atoms with Gasteiger partial charge in [-0.25, -0.2) is 0 Å². The molecule has 8 heteroatoms. The standard InChI is InChI=1S/C40H28N4O3S/c41-37-26-16-7-9-18-28(26)39(34(37)24-12-3-1-4-13-24)43-31-22-23-32(36-30(31)20-11-21-33(36)48(45,46)47)44-40-29-19-10-8-17-27(29)38(42)35(40)25-14-5-2-6-15-25/h1-23,41-44H,(H,45,46,47). The molecule has 0 spiro atoms. The molecule has 2 aliphatic carbocycles. The molecular weight excluding hydrogens is 617 g/mol. The average molecular weight is 645 g/mol. The molecule has 0 bridgehead atoms. The molecule has 0 heterocycles. The van der Waals surface area contributed by atoms with E-state index in [4.69, 9.17) is 10.8 Å². The van der Waals surface area contributed by atoms with E-state index >= 15 is 0 Å². The predicted molar refractivity (Wildman–Crippen MR) is 194 cm³/mol. The molecule has 0 aromatic heterocycles. The quantitative estimate of drug-likeness (QED) is 0.111. The number of allylic oxidation sites excluding steroid dienone is 2. The molecule has 232 valence electrons. The summed E-state index contributed by atoms with van der Waals surface area (Å²) in [6, 6.07) is 43.2. The average Bonchev–Trinajstić information content (AvgIpc) is 3.55. The molecule has 5 N–H and O–H groups in total. The van der Waals surface area contributed by atoms with Crippen LogP contribution in [0.4, 0.5) is 11.4 Å². The minimum absolute atomic E-state index is 0.244. The van der Waals surface area contributed by atoms with Gasteiger partial charge in [-0.15, -0.1) is 0 Å². The third kappa shape index (κ3) is 4.74. The van der Waals surface area contributed by atoms with Crippen molar-refractivity contribution in [1.82, 2.24) is 0 Å². The molecule has 48 heavy (non-hydrogen) atoms. The second kappa shape index (κ2) is 11.3. The molecule has 6 aromatic carbocycles. The van der Waals surface area contributed by atoms with Crippen LogP contribution in [0.25, 0.3) is 33.3 Å². The Morgan fingerprint density at radius 2 is 0.917 bits per heavy atom. The zero-order valence-corrected chi connectivity index (χ0v) is 26.3. The van der Waals surface area contributed by atoms with Crippen molar-refractivity contribution in [2.24, 2.45) is 0 Å². The van der Waals surface area contributed by atoms with Crippen LogP contribution in [0.3, 0.4) is 0 Å². The zero-order valence-electron chi connectivity index (χ0n) is 25.5. The fourth-order valence-electron chi connectivity index (χ4n) is 6.74. The summed E-state index contributed by atoms with van der Waals surface area (Å²) < 4.78 is 36.3. The fraction of sp³-hybridized carbons (Fsp3) is 0. The molecule has 0 saturated carbocycles.